The fourth-order valence-corrected chi connectivity index (χ4v) is 2.72. The Bertz CT molecular complexity index is 568. The lowest BCUT2D eigenvalue weighted by Crippen LogP contribution is -2.28. The van der Waals surface area contributed by atoms with E-state index in [4.69, 9.17) is 9.84 Å². The van der Waals surface area contributed by atoms with Crippen molar-refractivity contribution in [1.29, 1.82) is 0 Å². The van der Waals surface area contributed by atoms with Gasteiger partial charge in [0.15, 0.2) is 17.4 Å². The molecule has 2 aliphatic rings. The highest BCUT2D eigenvalue weighted by molar-refractivity contribution is 5.95. The van der Waals surface area contributed by atoms with Crippen LogP contribution in [-0.2, 0) is 4.74 Å². The van der Waals surface area contributed by atoms with E-state index in [-0.39, 0.29) is 5.92 Å². The predicted octanol–water partition coefficient (Wildman–Crippen LogP) is 1.43. The van der Waals surface area contributed by atoms with Gasteiger partial charge in [-0.25, -0.2) is 8.78 Å². The first-order chi connectivity index (χ1) is 9.50. The minimum absolute atomic E-state index is 0.287. The van der Waals surface area contributed by atoms with E-state index in [1.807, 2.05) is 0 Å². The molecule has 0 radical (unpaired) electrons. The first-order valence-corrected chi connectivity index (χ1v) is 6.23. The smallest absolute Gasteiger partial charge is 0.254 e. The van der Waals surface area contributed by atoms with E-state index < -0.39 is 34.7 Å². The van der Waals surface area contributed by atoms with Crippen molar-refractivity contribution in [1.82, 2.24) is 5.32 Å². The van der Waals surface area contributed by atoms with Crippen molar-refractivity contribution in [3.05, 3.63) is 29.1 Å². The molecule has 4 nitrogen and oxygen atoms in total. The number of benzene rings is 1. The topological polar surface area (TPSA) is 58.6 Å². The Morgan fingerprint density at radius 3 is 2.60 bits per heavy atom. The average molecular weight is 287 g/mol. The highest BCUT2D eigenvalue weighted by Gasteiger charge is 2.53. The normalized spacial score (nSPS) is 27.2. The maximum atomic E-state index is 13.5. The number of carbonyl (C=O) groups is 1. The van der Waals surface area contributed by atoms with Gasteiger partial charge in [-0.15, -0.1) is 0 Å². The number of hydrogen-bond acceptors (Lipinski definition) is 3. The van der Waals surface area contributed by atoms with Crippen LogP contribution in [0.25, 0.3) is 0 Å². The Morgan fingerprint density at radius 2 is 1.95 bits per heavy atom. The summed E-state index contributed by atoms with van der Waals surface area (Å²) in [6.07, 6.45) is 0. The second-order valence-corrected chi connectivity index (χ2v) is 5.12. The quantitative estimate of drug-likeness (QED) is 0.827. The summed E-state index contributed by atoms with van der Waals surface area (Å²) in [5.74, 6) is -5.86. The van der Waals surface area contributed by atoms with Gasteiger partial charge in [0.2, 0.25) is 5.82 Å². The van der Waals surface area contributed by atoms with Crippen LogP contribution >= 0.6 is 0 Å². The molecule has 1 saturated heterocycles. The molecule has 7 heteroatoms. The van der Waals surface area contributed by atoms with Crippen LogP contribution in [0.2, 0.25) is 0 Å². The van der Waals surface area contributed by atoms with E-state index in [0.29, 0.717) is 37.7 Å². The van der Waals surface area contributed by atoms with Gasteiger partial charge in [-0.05, 0) is 23.8 Å². The third-order valence-corrected chi connectivity index (χ3v) is 4.01. The molecule has 20 heavy (non-hydrogen) atoms. The van der Waals surface area contributed by atoms with Crippen LogP contribution < -0.4 is 5.32 Å². The molecule has 1 amide bonds. The van der Waals surface area contributed by atoms with Crippen molar-refractivity contribution < 1.29 is 27.8 Å². The first-order valence-electron chi connectivity index (χ1n) is 6.23. The lowest BCUT2D eigenvalue weighted by molar-refractivity contribution is 0.0937. The zero-order valence-electron chi connectivity index (χ0n) is 10.3. The molecular formula is C13H12F3NO3. The summed E-state index contributed by atoms with van der Waals surface area (Å²) in [5.41, 5.74) is -0.705. The number of hydrogen-bond donors (Lipinski definition) is 2. The summed E-state index contributed by atoms with van der Waals surface area (Å²) in [4.78, 5) is 11.8. The highest BCUT2D eigenvalue weighted by atomic mass is 19.2. The highest BCUT2D eigenvalue weighted by Crippen LogP contribution is 2.50. The second kappa shape index (κ2) is 4.66. The van der Waals surface area contributed by atoms with Crippen molar-refractivity contribution in [2.45, 2.75) is 0 Å². The molecule has 1 heterocycles. The summed E-state index contributed by atoms with van der Waals surface area (Å²) in [5, 5.41) is 11.5. The number of phenols is 1. The number of halogens is 3. The number of amides is 1. The molecule has 1 aliphatic carbocycles. The molecule has 2 unspecified atom stereocenters. The van der Waals surface area contributed by atoms with Crippen LogP contribution in [0.5, 0.6) is 5.75 Å². The van der Waals surface area contributed by atoms with Gasteiger partial charge in [0.1, 0.15) is 0 Å². The summed E-state index contributed by atoms with van der Waals surface area (Å²) in [6, 6.07) is 0.441. The molecule has 2 N–H and O–H groups in total. The van der Waals surface area contributed by atoms with E-state index in [2.05, 4.69) is 5.32 Å². The van der Waals surface area contributed by atoms with Crippen LogP contribution in [0.1, 0.15) is 10.4 Å². The van der Waals surface area contributed by atoms with Crippen molar-refractivity contribution in [2.75, 3.05) is 19.8 Å². The van der Waals surface area contributed by atoms with E-state index in [1.54, 1.807) is 0 Å². The first kappa shape index (κ1) is 13.2. The molecule has 3 rings (SSSR count). The van der Waals surface area contributed by atoms with Gasteiger partial charge in [0, 0.05) is 6.54 Å². The zero-order chi connectivity index (χ0) is 14.4. The lowest BCUT2D eigenvalue weighted by atomic mass is 10.1. The van der Waals surface area contributed by atoms with E-state index >= 15 is 0 Å². The third kappa shape index (κ3) is 2.02. The summed E-state index contributed by atoms with van der Waals surface area (Å²) in [7, 11) is 0. The molecule has 1 aromatic rings. The van der Waals surface area contributed by atoms with Crippen LogP contribution in [0.4, 0.5) is 13.2 Å². The Balaban J connectivity index is 1.68. The van der Waals surface area contributed by atoms with Gasteiger partial charge in [-0.1, -0.05) is 0 Å². The summed E-state index contributed by atoms with van der Waals surface area (Å²) in [6.45, 7) is 1.65. The number of rotatable bonds is 3. The third-order valence-electron chi connectivity index (χ3n) is 4.01. The van der Waals surface area contributed by atoms with Gasteiger partial charge in [-0.3, -0.25) is 4.79 Å². The van der Waals surface area contributed by atoms with E-state index in [1.165, 1.54) is 0 Å². The number of fused-ring (bicyclic) bond motifs is 1. The van der Waals surface area contributed by atoms with Gasteiger partial charge < -0.3 is 15.2 Å². The Hall–Kier alpha value is -1.76. The van der Waals surface area contributed by atoms with Crippen molar-refractivity contribution in [3.63, 3.8) is 0 Å². The van der Waals surface area contributed by atoms with Gasteiger partial charge in [-0.2, -0.15) is 4.39 Å². The molecule has 108 valence electrons. The van der Waals surface area contributed by atoms with Crippen LogP contribution in [-0.4, -0.2) is 30.8 Å². The summed E-state index contributed by atoms with van der Waals surface area (Å²) < 4.78 is 44.7. The average Bonchev–Trinajstić information content (AvgIpc) is 2.85. The van der Waals surface area contributed by atoms with Crippen LogP contribution in [0, 0.1) is 35.2 Å². The predicted molar refractivity (Wildman–Crippen MR) is 61.6 cm³/mol. The van der Waals surface area contributed by atoms with Crippen molar-refractivity contribution in [3.8, 4) is 5.75 Å². The van der Waals surface area contributed by atoms with Crippen LogP contribution in [0.15, 0.2) is 6.07 Å². The minimum Gasteiger partial charge on any atom is -0.503 e. The van der Waals surface area contributed by atoms with E-state index in [9.17, 15) is 18.0 Å². The van der Waals surface area contributed by atoms with Crippen molar-refractivity contribution in [2.24, 2.45) is 17.8 Å². The largest absolute Gasteiger partial charge is 0.503 e. The molecule has 1 aromatic carbocycles. The van der Waals surface area contributed by atoms with Gasteiger partial charge >= 0.3 is 0 Å². The fourth-order valence-electron chi connectivity index (χ4n) is 2.72. The minimum atomic E-state index is -1.70. The molecule has 2 fully saturated rings. The van der Waals surface area contributed by atoms with Crippen LogP contribution in [0.3, 0.4) is 0 Å². The molecular weight excluding hydrogens is 275 g/mol. The molecule has 1 aliphatic heterocycles. The molecule has 0 aromatic heterocycles. The molecule has 2 atom stereocenters. The van der Waals surface area contributed by atoms with Gasteiger partial charge in [0.05, 0.1) is 18.8 Å². The Kier molecular flexibility index (Phi) is 3.08. The second-order valence-electron chi connectivity index (χ2n) is 5.12. The van der Waals surface area contributed by atoms with E-state index in [0.717, 1.165) is 0 Å². The maximum absolute atomic E-state index is 13.5. The fraction of sp³-hybridized carbons (Fsp3) is 0.462. The zero-order valence-corrected chi connectivity index (χ0v) is 10.3. The Labute approximate surface area is 112 Å². The monoisotopic (exact) mass is 287 g/mol. The molecule has 1 saturated carbocycles. The lowest BCUT2D eigenvalue weighted by Gasteiger charge is -2.09. The standard InChI is InChI=1S/C13H12F3NO3/c14-9-1-5(10(15)12(18)11(9)16)13(19)17-2-6-7-3-20-4-8(6)7/h1,6-8,18H,2-4H2,(H,17,19). The maximum Gasteiger partial charge on any atom is 0.254 e. The Morgan fingerprint density at radius 1 is 1.30 bits per heavy atom. The van der Waals surface area contributed by atoms with Crippen molar-refractivity contribution >= 4 is 5.91 Å². The molecule has 0 bridgehead atoms. The van der Waals surface area contributed by atoms with Gasteiger partial charge in [0.25, 0.3) is 5.91 Å². The number of aromatic hydroxyl groups is 1. The number of ether oxygens (including phenoxy) is 1. The number of carbonyl (C=O) groups excluding carboxylic acids is 1. The number of phenolic OH excluding ortho intramolecular Hbond substituents is 1. The summed E-state index contributed by atoms with van der Waals surface area (Å²) >= 11 is 0. The number of nitrogens with one attached hydrogen (secondary N) is 1. The SMILES string of the molecule is O=C(NCC1C2COCC12)c1cc(F)c(F)c(O)c1F. The molecule has 0 spiro atoms.